The normalized spacial score (nSPS) is 41.4. The molecule has 3 nitrogen and oxygen atoms in total. The summed E-state index contributed by atoms with van der Waals surface area (Å²) in [5.74, 6) is 0. The molecule has 16 heavy (non-hydrogen) atoms. The van der Waals surface area contributed by atoms with Gasteiger partial charge in [-0.1, -0.05) is 13.8 Å². The van der Waals surface area contributed by atoms with Crippen molar-refractivity contribution in [1.82, 2.24) is 10.2 Å². The van der Waals surface area contributed by atoms with Crippen molar-refractivity contribution in [3.8, 4) is 0 Å². The van der Waals surface area contributed by atoms with Crippen molar-refractivity contribution in [1.29, 1.82) is 0 Å². The Balaban J connectivity index is 1.88. The molecule has 0 aromatic carbocycles. The van der Waals surface area contributed by atoms with E-state index >= 15 is 0 Å². The summed E-state index contributed by atoms with van der Waals surface area (Å²) < 4.78 is 5.91. The first-order chi connectivity index (χ1) is 7.61. The van der Waals surface area contributed by atoms with E-state index < -0.39 is 0 Å². The molecule has 2 saturated heterocycles. The Kier molecular flexibility index (Phi) is 3.88. The van der Waals surface area contributed by atoms with Crippen molar-refractivity contribution in [3.63, 3.8) is 0 Å². The van der Waals surface area contributed by atoms with Crippen LogP contribution in [0.3, 0.4) is 0 Å². The fraction of sp³-hybridized carbons (Fsp3) is 1.00. The van der Waals surface area contributed by atoms with Crippen LogP contribution in [-0.4, -0.2) is 49.8 Å². The van der Waals surface area contributed by atoms with Gasteiger partial charge in [0.15, 0.2) is 0 Å². The maximum Gasteiger partial charge on any atom is 0.0703 e. The molecule has 1 N–H and O–H groups in total. The van der Waals surface area contributed by atoms with E-state index in [0.717, 1.165) is 19.5 Å². The predicted octanol–water partition coefficient (Wildman–Crippen LogP) is 1.49. The monoisotopic (exact) mass is 226 g/mol. The molecule has 0 spiro atoms. The summed E-state index contributed by atoms with van der Waals surface area (Å²) in [5.41, 5.74) is 0.481. The van der Waals surface area contributed by atoms with Crippen LogP contribution in [0.2, 0.25) is 0 Å². The van der Waals surface area contributed by atoms with Crippen molar-refractivity contribution in [2.45, 2.75) is 45.8 Å². The van der Waals surface area contributed by atoms with Gasteiger partial charge >= 0.3 is 0 Å². The number of rotatable bonds is 3. The zero-order valence-corrected chi connectivity index (χ0v) is 11.0. The third-order valence-electron chi connectivity index (χ3n) is 3.92. The molecular weight excluding hydrogens is 200 g/mol. The second-order valence-electron chi connectivity index (χ2n) is 5.91. The smallest absolute Gasteiger partial charge is 0.0703 e. The number of nitrogens with one attached hydrogen (secondary N) is 1. The molecule has 2 aliphatic rings. The van der Waals surface area contributed by atoms with Crippen LogP contribution in [0.5, 0.6) is 0 Å². The SMILES string of the molecule is CCC1CN(CC2(C)CCNC2)CC(C)O1. The molecule has 3 heteroatoms. The molecule has 2 aliphatic heterocycles. The first-order valence-corrected chi connectivity index (χ1v) is 6.70. The van der Waals surface area contributed by atoms with E-state index in [1.54, 1.807) is 0 Å². The summed E-state index contributed by atoms with van der Waals surface area (Å²) in [6.45, 7) is 12.6. The fourth-order valence-corrected chi connectivity index (χ4v) is 3.04. The van der Waals surface area contributed by atoms with Crippen molar-refractivity contribution < 1.29 is 4.74 Å². The number of hydrogen-bond donors (Lipinski definition) is 1. The predicted molar refractivity (Wildman–Crippen MR) is 66.7 cm³/mol. The van der Waals surface area contributed by atoms with E-state index in [9.17, 15) is 0 Å². The molecule has 0 radical (unpaired) electrons. The van der Waals surface area contributed by atoms with Crippen LogP contribution in [0.15, 0.2) is 0 Å². The minimum absolute atomic E-state index is 0.400. The number of hydrogen-bond acceptors (Lipinski definition) is 3. The van der Waals surface area contributed by atoms with Crippen molar-refractivity contribution in [2.24, 2.45) is 5.41 Å². The van der Waals surface area contributed by atoms with Gasteiger partial charge in [-0.15, -0.1) is 0 Å². The quantitative estimate of drug-likeness (QED) is 0.789. The van der Waals surface area contributed by atoms with Crippen LogP contribution in [0, 0.1) is 5.41 Å². The Morgan fingerprint density at radius 3 is 2.88 bits per heavy atom. The van der Waals surface area contributed by atoms with E-state index in [2.05, 4.69) is 31.0 Å². The second kappa shape index (κ2) is 5.03. The van der Waals surface area contributed by atoms with Crippen LogP contribution in [0.25, 0.3) is 0 Å². The van der Waals surface area contributed by atoms with Gasteiger partial charge < -0.3 is 10.1 Å². The molecule has 0 bridgehead atoms. The number of nitrogens with zero attached hydrogens (tertiary/aromatic N) is 1. The lowest BCUT2D eigenvalue weighted by Gasteiger charge is -2.40. The minimum Gasteiger partial charge on any atom is -0.373 e. The fourth-order valence-electron chi connectivity index (χ4n) is 3.04. The van der Waals surface area contributed by atoms with Gasteiger partial charge in [0, 0.05) is 26.2 Å². The molecular formula is C13H26N2O. The van der Waals surface area contributed by atoms with E-state index in [0.29, 0.717) is 17.6 Å². The zero-order valence-electron chi connectivity index (χ0n) is 11.0. The van der Waals surface area contributed by atoms with E-state index in [4.69, 9.17) is 4.74 Å². The van der Waals surface area contributed by atoms with E-state index in [1.165, 1.54) is 26.1 Å². The lowest BCUT2D eigenvalue weighted by atomic mass is 9.88. The second-order valence-corrected chi connectivity index (χ2v) is 5.91. The van der Waals surface area contributed by atoms with Gasteiger partial charge in [0.2, 0.25) is 0 Å². The molecule has 94 valence electrons. The average molecular weight is 226 g/mol. The standard InChI is InChI=1S/C13H26N2O/c1-4-12-8-15(7-11(2)16-12)10-13(3)5-6-14-9-13/h11-12,14H,4-10H2,1-3H3. The number of ether oxygens (including phenoxy) is 1. The summed E-state index contributed by atoms with van der Waals surface area (Å²) in [5, 5.41) is 3.48. The van der Waals surface area contributed by atoms with Crippen LogP contribution in [-0.2, 0) is 4.74 Å². The lowest BCUT2D eigenvalue weighted by Crippen LogP contribution is -2.50. The highest BCUT2D eigenvalue weighted by Gasteiger charge is 2.33. The molecule has 2 fully saturated rings. The Morgan fingerprint density at radius 1 is 1.44 bits per heavy atom. The topological polar surface area (TPSA) is 24.5 Å². The van der Waals surface area contributed by atoms with Gasteiger partial charge in [0.1, 0.15) is 0 Å². The molecule has 0 aromatic heterocycles. The summed E-state index contributed by atoms with van der Waals surface area (Å²) in [6.07, 6.45) is 3.30. The molecule has 2 rings (SSSR count). The Morgan fingerprint density at radius 2 is 2.25 bits per heavy atom. The van der Waals surface area contributed by atoms with Gasteiger partial charge in [-0.3, -0.25) is 4.90 Å². The first-order valence-electron chi connectivity index (χ1n) is 6.70. The highest BCUT2D eigenvalue weighted by Crippen LogP contribution is 2.27. The Bertz CT molecular complexity index is 226. The van der Waals surface area contributed by atoms with Crippen LogP contribution in [0.1, 0.15) is 33.6 Å². The van der Waals surface area contributed by atoms with Crippen LogP contribution >= 0.6 is 0 Å². The molecule has 0 aromatic rings. The molecule has 2 heterocycles. The Labute approximate surface area is 99.5 Å². The first kappa shape index (κ1) is 12.3. The summed E-state index contributed by atoms with van der Waals surface area (Å²) >= 11 is 0. The molecule has 3 atom stereocenters. The van der Waals surface area contributed by atoms with Gasteiger partial charge in [-0.2, -0.15) is 0 Å². The van der Waals surface area contributed by atoms with Gasteiger partial charge in [-0.25, -0.2) is 0 Å². The molecule has 0 saturated carbocycles. The third-order valence-corrected chi connectivity index (χ3v) is 3.92. The summed E-state index contributed by atoms with van der Waals surface area (Å²) in [7, 11) is 0. The lowest BCUT2D eigenvalue weighted by molar-refractivity contribution is -0.0847. The summed E-state index contributed by atoms with van der Waals surface area (Å²) in [6, 6.07) is 0. The van der Waals surface area contributed by atoms with Crippen molar-refractivity contribution in [3.05, 3.63) is 0 Å². The molecule has 0 amide bonds. The maximum absolute atomic E-state index is 5.91. The zero-order chi connectivity index (χ0) is 11.6. The van der Waals surface area contributed by atoms with Crippen molar-refractivity contribution in [2.75, 3.05) is 32.7 Å². The number of morpholine rings is 1. The minimum atomic E-state index is 0.400. The third kappa shape index (κ3) is 2.96. The highest BCUT2D eigenvalue weighted by atomic mass is 16.5. The van der Waals surface area contributed by atoms with E-state index in [-0.39, 0.29) is 0 Å². The van der Waals surface area contributed by atoms with Gasteiger partial charge in [0.05, 0.1) is 12.2 Å². The highest BCUT2D eigenvalue weighted by molar-refractivity contribution is 4.88. The molecule has 0 aliphatic carbocycles. The van der Waals surface area contributed by atoms with Crippen molar-refractivity contribution >= 4 is 0 Å². The van der Waals surface area contributed by atoms with E-state index in [1.807, 2.05) is 0 Å². The van der Waals surface area contributed by atoms with Crippen LogP contribution < -0.4 is 5.32 Å². The van der Waals surface area contributed by atoms with Crippen LogP contribution in [0.4, 0.5) is 0 Å². The molecule has 3 unspecified atom stereocenters. The summed E-state index contributed by atoms with van der Waals surface area (Å²) in [4.78, 5) is 2.61. The van der Waals surface area contributed by atoms with Gasteiger partial charge in [0.25, 0.3) is 0 Å². The average Bonchev–Trinajstić information content (AvgIpc) is 2.63. The Hall–Kier alpha value is -0.120. The largest absolute Gasteiger partial charge is 0.373 e. The van der Waals surface area contributed by atoms with Gasteiger partial charge in [-0.05, 0) is 31.7 Å². The maximum atomic E-state index is 5.91.